The van der Waals surface area contributed by atoms with Crippen molar-refractivity contribution in [2.24, 2.45) is 0 Å². The van der Waals surface area contributed by atoms with E-state index in [2.05, 4.69) is 10.0 Å². The number of alkyl halides is 3. The van der Waals surface area contributed by atoms with Crippen molar-refractivity contribution in [2.45, 2.75) is 11.1 Å². The molecule has 0 radical (unpaired) electrons. The van der Waals surface area contributed by atoms with Crippen LogP contribution in [0.15, 0.2) is 29.2 Å². The number of halogens is 3. The molecule has 1 aromatic rings. The number of phenolic OH excluding ortho intramolecular Hbond substituents is 1. The highest BCUT2D eigenvalue weighted by Crippen LogP contribution is 2.17. The molecule has 0 aliphatic heterocycles. The molecule has 0 amide bonds. The van der Waals surface area contributed by atoms with Crippen molar-refractivity contribution in [3.63, 3.8) is 0 Å². The van der Waals surface area contributed by atoms with Gasteiger partial charge in [0.1, 0.15) is 5.75 Å². The van der Waals surface area contributed by atoms with E-state index in [1.54, 1.807) is 12.1 Å². The van der Waals surface area contributed by atoms with Gasteiger partial charge in [-0.25, -0.2) is 0 Å². The third-order valence-electron chi connectivity index (χ3n) is 2.38. The number of hydrogen-bond donors (Lipinski definition) is 3. The van der Waals surface area contributed by atoms with Gasteiger partial charge in [0.05, 0.1) is 26.4 Å². The Hall–Kier alpha value is -1.33. The average Bonchev–Trinajstić information content (AvgIpc) is 2.58. The topological polar surface area (TPSA) is 79.8 Å². The van der Waals surface area contributed by atoms with Gasteiger partial charge in [-0.15, -0.1) is 0 Å². The van der Waals surface area contributed by atoms with Crippen LogP contribution in [0.5, 0.6) is 5.75 Å². The molecule has 0 saturated heterocycles. The summed E-state index contributed by atoms with van der Waals surface area (Å²) in [4.78, 5) is 9.76. The molecule has 3 N–H and O–H groups in total. The molecule has 0 atom stereocenters. The minimum absolute atomic E-state index is 0.283. The Morgan fingerprint density at radius 1 is 1.08 bits per heavy atom. The van der Waals surface area contributed by atoms with Crippen LogP contribution in [0.1, 0.15) is 0 Å². The Kier molecular flexibility index (Phi) is 14.2. The van der Waals surface area contributed by atoms with Crippen LogP contribution in [0.3, 0.4) is 0 Å². The Bertz CT molecular complexity index is 447. The van der Waals surface area contributed by atoms with Gasteiger partial charge in [-0.3, -0.25) is 9.52 Å². The lowest BCUT2D eigenvalue weighted by Crippen LogP contribution is -2.17. The van der Waals surface area contributed by atoms with Gasteiger partial charge in [0, 0.05) is 18.0 Å². The number of hydrogen-bond acceptors (Lipinski definition) is 7. The normalized spacial score (nSPS) is 10.9. The lowest BCUT2D eigenvalue weighted by molar-refractivity contribution is -0.156. The maximum atomic E-state index is 10.4. The van der Waals surface area contributed by atoms with Crippen LogP contribution >= 0.6 is 11.9 Å². The third-order valence-corrected chi connectivity index (χ3v) is 3.23. The second kappa shape index (κ2) is 15.0. The van der Waals surface area contributed by atoms with E-state index in [4.69, 9.17) is 19.4 Å². The molecule has 10 heteroatoms. The summed E-state index contributed by atoms with van der Waals surface area (Å²) in [6, 6.07) is 7.07. The maximum absolute atomic E-state index is 10.4. The average molecular weight is 384 g/mol. The van der Waals surface area contributed by atoms with Gasteiger partial charge in [-0.1, -0.05) is 0 Å². The number of rotatable bonds is 11. The Labute approximate surface area is 149 Å². The van der Waals surface area contributed by atoms with Gasteiger partial charge in [0.15, 0.2) is 0 Å². The molecule has 0 saturated carbocycles. The fourth-order valence-corrected chi connectivity index (χ4v) is 1.88. The maximum Gasteiger partial charge on any atom is 0.446 e. The number of aromatic hydroxyl groups is 1. The summed E-state index contributed by atoms with van der Waals surface area (Å²) in [5.74, 6) is 0.283. The van der Waals surface area contributed by atoms with Crippen molar-refractivity contribution in [3.05, 3.63) is 24.3 Å². The van der Waals surface area contributed by atoms with E-state index in [-0.39, 0.29) is 5.75 Å². The van der Waals surface area contributed by atoms with Crippen molar-refractivity contribution in [1.29, 1.82) is 0 Å². The van der Waals surface area contributed by atoms with E-state index < -0.39 is 12.5 Å². The molecule has 0 aromatic heterocycles. The Morgan fingerprint density at radius 2 is 1.60 bits per heavy atom. The quantitative estimate of drug-likeness (QED) is 0.306. The summed E-state index contributed by atoms with van der Waals surface area (Å²) < 4.78 is 45.2. The third kappa shape index (κ3) is 17.3. The number of aldehydes is 1. The first-order chi connectivity index (χ1) is 11.9. The van der Waals surface area contributed by atoms with Crippen LogP contribution in [0.4, 0.5) is 13.2 Å². The zero-order valence-corrected chi connectivity index (χ0v) is 14.7. The number of carbonyl (C=O) groups is 1. The molecule has 0 unspecified atom stereocenters. The highest BCUT2D eigenvalue weighted by atomic mass is 32.2. The Morgan fingerprint density at radius 3 is 2.08 bits per heavy atom. The molecule has 0 heterocycles. The summed E-state index contributed by atoms with van der Waals surface area (Å²) in [5, 5.41) is 12.1. The highest BCUT2D eigenvalue weighted by molar-refractivity contribution is 7.97. The first kappa shape index (κ1) is 23.7. The van der Waals surface area contributed by atoms with E-state index in [0.29, 0.717) is 19.8 Å². The molecule has 6 nitrogen and oxygen atoms in total. The van der Waals surface area contributed by atoms with Gasteiger partial charge >= 0.3 is 6.18 Å². The molecule has 0 aliphatic rings. The molecular weight excluding hydrogens is 361 g/mol. The zero-order chi connectivity index (χ0) is 19.0. The van der Waals surface area contributed by atoms with E-state index in [0.717, 1.165) is 24.6 Å². The number of ether oxygens (including phenoxy) is 2. The molecule has 0 bridgehead atoms. The highest BCUT2D eigenvalue weighted by Gasteiger charge is 2.24. The summed E-state index contributed by atoms with van der Waals surface area (Å²) >= 11 is 1.52. The van der Waals surface area contributed by atoms with Crippen LogP contribution in [0, 0.1) is 0 Å². The van der Waals surface area contributed by atoms with Crippen molar-refractivity contribution >= 4 is 18.2 Å². The number of benzene rings is 1. The minimum atomic E-state index is -4.64. The first-order valence-electron chi connectivity index (χ1n) is 7.41. The largest absolute Gasteiger partial charge is 0.508 e. The van der Waals surface area contributed by atoms with Crippen LogP contribution in [-0.4, -0.2) is 64.1 Å². The molecule has 0 spiro atoms. The zero-order valence-electron chi connectivity index (χ0n) is 13.8. The van der Waals surface area contributed by atoms with Crippen LogP contribution in [0.2, 0.25) is 0 Å². The van der Waals surface area contributed by atoms with Crippen molar-refractivity contribution < 1.29 is 32.5 Å². The number of phenols is 1. The van der Waals surface area contributed by atoms with Crippen LogP contribution in [0.25, 0.3) is 0 Å². The van der Waals surface area contributed by atoms with Crippen molar-refractivity contribution in [3.8, 4) is 5.75 Å². The second-order valence-electron chi connectivity index (χ2n) is 4.48. The first-order valence-corrected chi connectivity index (χ1v) is 8.22. The minimum Gasteiger partial charge on any atom is -0.508 e. The fourth-order valence-electron chi connectivity index (χ4n) is 1.26. The number of carbonyl (C=O) groups excluding carboxylic acids is 1. The van der Waals surface area contributed by atoms with E-state index in [1.807, 2.05) is 19.2 Å². The predicted octanol–water partition coefficient (Wildman–Crippen LogP) is 1.99. The van der Waals surface area contributed by atoms with Crippen LogP contribution in [-0.2, 0) is 14.3 Å². The predicted molar refractivity (Wildman–Crippen MR) is 89.7 cm³/mol. The van der Waals surface area contributed by atoms with Gasteiger partial charge in [-0.2, -0.15) is 13.2 Å². The summed E-state index contributed by atoms with van der Waals surface area (Å²) in [6.45, 7) is 4.25. The standard InChI is InChI=1S/C13H22N2O3S.C2HF3O/c1-14-6-8-17-10-11-18-9-7-15-19-13-4-2-12(16)3-5-13;3-2(4,5)1-6/h2-5,14-16H,6-11H2,1H3;1H. The molecular formula is C15H23F3N2O4S. The Balaban J connectivity index is 0.000000823. The molecule has 144 valence electrons. The van der Waals surface area contributed by atoms with Gasteiger partial charge in [-0.05, 0) is 43.3 Å². The lowest BCUT2D eigenvalue weighted by Gasteiger charge is -2.06. The molecule has 0 aliphatic carbocycles. The van der Waals surface area contributed by atoms with E-state index in [9.17, 15) is 13.2 Å². The van der Waals surface area contributed by atoms with Gasteiger partial charge in [0.25, 0.3) is 0 Å². The van der Waals surface area contributed by atoms with Crippen molar-refractivity contribution in [1.82, 2.24) is 10.0 Å². The molecule has 25 heavy (non-hydrogen) atoms. The van der Waals surface area contributed by atoms with E-state index in [1.165, 1.54) is 11.9 Å². The summed E-state index contributed by atoms with van der Waals surface area (Å²) in [6.07, 6.45) is -5.70. The second-order valence-corrected chi connectivity index (χ2v) is 5.44. The molecule has 1 aromatic carbocycles. The number of nitrogens with one attached hydrogen (secondary N) is 2. The summed E-state index contributed by atoms with van der Waals surface area (Å²) in [5.41, 5.74) is 0. The smallest absolute Gasteiger partial charge is 0.446 e. The molecule has 0 fully saturated rings. The lowest BCUT2D eigenvalue weighted by atomic mass is 10.3. The van der Waals surface area contributed by atoms with Crippen molar-refractivity contribution in [2.75, 3.05) is 46.6 Å². The monoisotopic (exact) mass is 384 g/mol. The number of likely N-dealkylation sites (N-methyl/N-ethyl adjacent to an activating group) is 1. The van der Waals surface area contributed by atoms with E-state index >= 15 is 0 Å². The van der Waals surface area contributed by atoms with Gasteiger partial charge in [0.2, 0.25) is 6.29 Å². The molecule has 1 rings (SSSR count). The SMILES string of the molecule is CNCCOCCOCCNSc1ccc(O)cc1.O=CC(F)(F)F. The fraction of sp³-hybridized carbons (Fsp3) is 0.533. The summed E-state index contributed by atoms with van der Waals surface area (Å²) in [7, 11) is 1.90. The van der Waals surface area contributed by atoms with Gasteiger partial charge < -0.3 is 19.9 Å². The van der Waals surface area contributed by atoms with Crippen LogP contribution < -0.4 is 10.0 Å².